The van der Waals surface area contributed by atoms with Gasteiger partial charge in [-0.1, -0.05) is 29.8 Å². The van der Waals surface area contributed by atoms with Gasteiger partial charge in [0.2, 0.25) is 0 Å². The first kappa shape index (κ1) is 20.2. The van der Waals surface area contributed by atoms with E-state index in [1.165, 1.54) is 13.2 Å². The largest absolute Gasteiger partial charge is 0.495 e. The Kier molecular flexibility index (Phi) is 5.39. The summed E-state index contributed by atoms with van der Waals surface area (Å²) >= 11 is 6.00. The van der Waals surface area contributed by atoms with E-state index in [-0.39, 0.29) is 23.2 Å². The highest BCUT2D eigenvalue weighted by atomic mass is 35.5. The zero-order chi connectivity index (χ0) is 21.4. The number of hydrogen-bond donors (Lipinski definition) is 2. The summed E-state index contributed by atoms with van der Waals surface area (Å²) in [6.45, 7) is 1.72. The molecule has 2 aromatic carbocycles. The van der Waals surface area contributed by atoms with Crippen molar-refractivity contribution in [3.05, 3.63) is 70.1 Å². The quantitative estimate of drug-likeness (QED) is 0.728. The van der Waals surface area contributed by atoms with E-state index in [0.29, 0.717) is 22.2 Å². The van der Waals surface area contributed by atoms with Crippen LogP contribution in [0.15, 0.2) is 53.7 Å². The van der Waals surface area contributed by atoms with E-state index < -0.39 is 17.8 Å². The van der Waals surface area contributed by atoms with Gasteiger partial charge in [0.25, 0.3) is 5.91 Å². The van der Waals surface area contributed by atoms with Crippen molar-refractivity contribution in [3.63, 3.8) is 0 Å². The van der Waals surface area contributed by atoms with Crippen molar-refractivity contribution < 1.29 is 18.7 Å². The lowest BCUT2D eigenvalue weighted by Crippen LogP contribution is -2.49. The van der Waals surface area contributed by atoms with Gasteiger partial charge in [0.1, 0.15) is 11.6 Å². The Morgan fingerprint density at radius 1 is 1.27 bits per heavy atom. The van der Waals surface area contributed by atoms with Crippen LogP contribution in [-0.4, -0.2) is 30.0 Å². The van der Waals surface area contributed by atoms with Crippen LogP contribution in [0.2, 0.25) is 5.02 Å². The van der Waals surface area contributed by atoms with Gasteiger partial charge in [-0.25, -0.2) is 9.18 Å². The van der Waals surface area contributed by atoms with Crippen LogP contribution in [-0.2, 0) is 4.79 Å². The maximum Gasteiger partial charge on any atom is 0.322 e. The first-order valence-corrected chi connectivity index (χ1v) is 9.98. The Morgan fingerprint density at radius 2 is 2.00 bits per heavy atom. The molecular formula is C22H21ClFN3O3. The lowest BCUT2D eigenvalue weighted by molar-refractivity contribution is -0.113. The molecule has 1 saturated carbocycles. The second-order valence-electron chi connectivity index (χ2n) is 7.30. The zero-order valence-electron chi connectivity index (χ0n) is 16.5. The average Bonchev–Trinajstić information content (AvgIpc) is 3.54. The van der Waals surface area contributed by atoms with Gasteiger partial charge in [-0.2, -0.15) is 0 Å². The van der Waals surface area contributed by atoms with Crippen LogP contribution in [0.1, 0.15) is 31.4 Å². The molecule has 2 aromatic rings. The second kappa shape index (κ2) is 7.99. The van der Waals surface area contributed by atoms with E-state index in [1.54, 1.807) is 48.2 Å². The highest BCUT2D eigenvalue weighted by Crippen LogP contribution is 2.39. The normalized spacial score (nSPS) is 18.9. The molecule has 2 aliphatic rings. The van der Waals surface area contributed by atoms with E-state index in [0.717, 1.165) is 12.8 Å². The molecule has 0 aromatic heterocycles. The third-order valence-electron chi connectivity index (χ3n) is 5.31. The second-order valence-corrected chi connectivity index (χ2v) is 7.74. The van der Waals surface area contributed by atoms with Crippen LogP contribution in [0.5, 0.6) is 5.75 Å². The number of halogens is 2. The standard InChI is InChI=1S/C22H21ClFN3O3/c1-12-19(21(28)25-17-10-7-13(23)11-18(17)30-2)20(15-5-3-4-6-16(15)24)26-22(29)27(12)14-8-9-14/h3-7,10-11,14,20H,8-9H2,1-2H3,(H,25,28)(H,26,29)/t20-/m1/s1. The smallest absolute Gasteiger partial charge is 0.322 e. The summed E-state index contributed by atoms with van der Waals surface area (Å²) in [5, 5.41) is 6.09. The predicted octanol–water partition coefficient (Wildman–Crippen LogP) is 4.63. The third-order valence-corrected chi connectivity index (χ3v) is 5.55. The van der Waals surface area contributed by atoms with Crippen molar-refractivity contribution in [1.29, 1.82) is 0 Å². The summed E-state index contributed by atoms with van der Waals surface area (Å²) in [6, 6.07) is 9.78. The van der Waals surface area contributed by atoms with Crippen LogP contribution in [0.4, 0.5) is 14.9 Å². The molecule has 0 bridgehead atoms. The molecule has 0 unspecified atom stereocenters. The number of allylic oxidation sites excluding steroid dienone is 1. The van der Waals surface area contributed by atoms with Crippen LogP contribution in [0.3, 0.4) is 0 Å². The van der Waals surface area contributed by atoms with Crippen LogP contribution in [0.25, 0.3) is 0 Å². The molecule has 0 radical (unpaired) electrons. The van der Waals surface area contributed by atoms with E-state index in [4.69, 9.17) is 16.3 Å². The van der Waals surface area contributed by atoms with Gasteiger partial charge in [-0.15, -0.1) is 0 Å². The van der Waals surface area contributed by atoms with E-state index in [9.17, 15) is 14.0 Å². The maximum atomic E-state index is 14.6. The summed E-state index contributed by atoms with van der Waals surface area (Å²) in [5.74, 6) is -0.549. The Bertz CT molecular complexity index is 1050. The number of nitrogens with one attached hydrogen (secondary N) is 2. The average molecular weight is 430 g/mol. The number of urea groups is 1. The Balaban J connectivity index is 1.76. The van der Waals surface area contributed by atoms with Gasteiger partial charge in [-0.3, -0.25) is 9.69 Å². The van der Waals surface area contributed by atoms with Crippen molar-refractivity contribution in [3.8, 4) is 5.75 Å². The van der Waals surface area contributed by atoms with Crippen molar-refractivity contribution >= 4 is 29.2 Å². The number of benzene rings is 2. The monoisotopic (exact) mass is 429 g/mol. The molecule has 30 heavy (non-hydrogen) atoms. The fraction of sp³-hybridized carbons (Fsp3) is 0.273. The minimum Gasteiger partial charge on any atom is -0.495 e. The lowest BCUT2D eigenvalue weighted by atomic mass is 9.93. The van der Waals surface area contributed by atoms with Crippen molar-refractivity contribution in [1.82, 2.24) is 10.2 Å². The molecule has 8 heteroatoms. The Hall–Kier alpha value is -3.06. The minimum absolute atomic E-state index is 0.0550. The number of rotatable bonds is 5. The zero-order valence-corrected chi connectivity index (χ0v) is 17.3. The van der Waals surface area contributed by atoms with Crippen LogP contribution >= 0.6 is 11.6 Å². The molecule has 4 rings (SSSR count). The highest BCUT2D eigenvalue weighted by molar-refractivity contribution is 6.30. The predicted molar refractivity (Wildman–Crippen MR) is 112 cm³/mol. The van der Waals surface area contributed by atoms with Crippen molar-refractivity contribution in [2.24, 2.45) is 0 Å². The Morgan fingerprint density at radius 3 is 2.67 bits per heavy atom. The number of amides is 3. The molecule has 0 saturated heterocycles. The SMILES string of the molecule is COc1cc(Cl)ccc1NC(=O)C1=C(C)N(C2CC2)C(=O)N[C@@H]1c1ccccc1F. The number of anilines is 1. The first-order valence-electron chi connectivity index (χ1n) is 9.60. The first-order chi connectivity index (χ1) is 14.4. The molecule has 156 valence electrons. The number of ether oxygens (including phenoxy) is 1. The van der Waals surface area contributed by atoms with Gasteiger partial charge >= 0.3 is 6.03 Å². The minimum atomic E-state index is -0.910. The molecule has 1 heterocycles. The fourth-order valence-corrected chi connectivity index (χ4v) is 3.89. The van der Waals surface area contributed by atoms with Gasteiger partial charge in [0.05, 0.1) is 24.4 Å². The molecule has 3 amide bonds. The molecule has 1 atom stereocenters. The highest BCUT2D eigenvalue weighted by Gasteiger charge is 2.42. The topological polar surface area (TPSA) is 70.7 Å². The van der Waals surface area contributed by atoms with Crippen LogP contribution < -0.4 is 15.4 Å². The van der Waals surface area contributed by atoms with E-state index in [2.05, 4.69) is 10.6 Å². The summed E-state index contributed by atoms with van der Waals surface area (Å²) in [4.78, 5) is 27.7. The van der Waals surface area contributed by atoms with Gasteiger partial charge < -0.3 is 15.4 Å². The Labute approximate surface area is 178 Å². The third kappa shape index (κ3) is 3.73. The molecular weight excluding hydrogens is 409 g/mol. The summed E-state index contributed by atoms with van der Waals surface area (Å²) in [6.07, 6.45) is 1.74. The lowest BCUT2D eigenvalue weighted by Gasteiger charge is -2.36. The van der Waals surface area contributed by atoms with Crippen molar-refractivity contribution in [2.75, 3.05) is 12.4 Å². The fourth-order valence-electron chi connectivity index (χ4n) is 3.72. The van der Waals surface area contributed by atoms with Gasteiger partial charge in [-0.05, 0) is 38.0 Å². The summed E-state index contributed by atoms with van der Waals surface area (Å²) in [7, 11) is 1.48. The number of hydrogen-bond acceptors (Lipinski definition) is 3. The van der Waals surface area contributed by atoms with Gasteiger partial charge in [0.15, 0.2) is 0 Å². The van der Waals surface area contributed by atoms with Crippen molar-refractivity contribution in [2.45, 2.75) is 31.8 Å². The molecule has 1 fully saturated rings. The van der Waals surface area contributed by atoms with E-state index >= 15 is 0 Å². The summed E-state index contributed by atoms with van der Waals surface area (Å²) in [5.41, 5.74) is 1.45. The molecule has 2 N–H and O–H groups in total. The van der Waals surface area contributed by atoms with E-state index in [1.807, 2.05) is 0 Å². The summed E-state index contributed by atoms with van der Waals surface area (Å²) < 4.78 is 19.9. The number of carbonyl (C=O) groups is 2. The number of nitrogens with zero attached hydrogens (tertiary/aromatic N) is 1. The maximum absolute atomic E-state index is 14.6. The molecule has 1 aliphatic carbocycles. The number of carbonyl (C=O) groups excluding carboxylic acids is 2. The van der Waals surface area contributed by atoms with Crippen LogP contribution in [0, 0.1) is 5.82 Å². The molecule has 6 nitrogen and oxygen atoms in total. The molecule has 0 spiro atoms. The molecule has 1 aliphatic heterocycles. The number of methoxy groups -OCH3 is 1. The van der Waals surface area contributed by atoms with Gasteiger partial charge in [0, 0.05) is 28.4 Å².